The van der Waals surface area contributed by atoms with Crippen molar-refractivity contribution in [2.45, 2.75) is 64.7 Å². The van der Waals surface area contributed by atoms with E-state index in [0.29, 0.717) is 20.6 Å². The number of halogens is 2. The summed E-state index contributed by atoms with van der Waals surface area (Å²) in [5.41, 5.74) is -0.318. The van der Waals surface area contributed by atoms with Gasteiger partial charge in [-0.25, -0.2) is 0 Å². The smallest absolute Gasteiger partial charge is 0.230 e. The fraction of sp³-hybridized carbons (Fsp3) is 0.579. The molecule has 0 unspecified atom stereocenters. The summed E-state index contributed by atoms with van der Waals surface area (Å²) in [6.45, 7) is 7.59. The van der Waals surface area contributed by atoms with Crippen molar-refractivity contribution in [1.82, 2.24) is 0 Å². The minimum atomic E-state index is -0.493. The molecule has 0 heterocycles. The van der Waals surface area contributed by atoms with E-state index in [1.165, 1.54) is 6.42 Å². The SMILES string of the molecule is CC(C)(C)C(=O)Sc1cc(Cl)c(Cl)cc1NC(=O)C1(C)CCCCC1. The number of nitrogens with one attached hydrogen (secondary N) is 1. The van der Waals surface area contributed by atoms with Gasteiger partial charge < -0.3 is 5.32 Å². The lowest BCUT2D eigenvalue weighted by Crippen LogP contribution is -2.35. The zero-order valence-corrected chi connectivity index (χ0v) is 17.5. The van der Waals surface area contributed by atoms with Crippen molar-refractivity contribution in [1.29, 1.82) is 0 Å². The van der Waals surface area contributed by atoms with Gasteiger partial charge in [0.2, 0.25) is 5.91 Å². The van der Waals surface area contributed by atoms with Gasteiger partial charge >= 0.3 is 0 Å². The molecule has 1 fully saturated rings. The van der Waals surface area contributed by atoms with E-state index in [0.717, 1.165) is 37.4 Å². The number of benzene rings is 1. The lowest BCUT2D eigenvalue weighted by Gasteiger charge is -2.32. The molecule has 1 aliphatic rings. The van der Waals surface area contributed by atoms with E-state index in [1.807, 2.05) is 27.7 Å². The van der Waals surface area contributed by atoms with E-state index in [4.69, 9.17) is 23.2 Å². The van der Waals surface area contributed by atoms with Gasteiger partial charge in [0, 0.05) is 15.7 Å². The van der Waals surface area contributed by atoms with Gasteiger partial charge in [-0.05, 0) is 36.7 Å². The number of amides is 1. The predicted molar refractivity (Wildman–Crippen MR) is 107 cm³/mol. The minimum absolute atomic E-state index is 0.00488. The maximum absolute atomic E-state index is 12.8. The molecule has 0 saturated heterocycles. The molecule has 1 aromatic carbocycles. The molecule has 0 aromatic heterocycles. The van der Waals surface area contributed by atoms with Crippen LogP contribution in [0.15, 0.2) is 17.0 Å². The van der Waals surface area contributed by atoms with Crippen molar-refractivity contribution in [3.05, 3.63) is 22.2 Å². The van der Waals surface area contributed by atoms with Crippen LogP contribution in [0.2, 0.25) is 10.0 Å². The maximum Gasteiger partial charge on any atom is 0.230 e. The molecule has 1 amide bonds. The first-order chi connectivity index (χ1) is 11.5. The normalized spacial score (nSPS) is 17.2. The quantitative estimate of drug-likeness (QED) is 0.582. The van der Waals surface area contributed by atoms with E-state index < -0.39 is 5.41 Å². The Kier molecular flexibility index (Phi) is 6.50. The molecule has 0 bridgehead atoms. The van der Waals surface area contributed by atoms with Gasteiger partial charge in [0.05, 0.1) is 15.7 Å². The van der Waals surface area contributed by atoms with Crippen molar-refractivity contribution in [3.63, 3.8) is 0 Å². The Morgan fingerprint density at radius 2 is 1.64 bits per heavy atom. The molecule has 0 aliphatic heterocycles. The van der Waals surface area contributed by atoms with Gasteiger partial charge in [-0.3, -0.25) is 9.59 Å². The monoisotopic (exact) mass is 401 g/mol. The zero-order chi connectivity index (χ0) is 18.8. The Labute approximate surface area is 164 Å². The van der Waals surface area contributed by atoms with Gasteiger partial charge in [-0.1, -0.05) is 70.2 Å². The van der Waals surface area contributed by atoms with E-state index in [-0.39, 0.29) is 16.4 Å². The molecule has 1 saturated carbocycles. The number of anilines is 1. The van der Waals surface area contributed by atoms with Crippen LogP contribution < -0.4 is 5.32 Å². The lowest BCUT2D eigenvalue weighted by molar-refractivity contribution is -0.126. The third kappa shape index (κ3) is 5.15. The van der Waals surface area contributed by atoms with Crippen LogP contribution in [0, 0.1) is 10.8 Å². The molecule has 2 rings (SSSR count). The van der Waals surface area contributed by atoms with Crippen LogP contribution in [0.3, 0.4) is 0 Å². The minimum Gasteiger partial charge on any atom is -0.325 e. The molecule has 1 aromatic rings. The molecule has 0 spiro atoms. The molecule has 0 atom stereocenters. The van der Waals surface area contributed by atoms with Gasteiger partial charge in [0.25, 0.3) is 0 Å². The first-order valence-electron chi connectivity index (χ1n) is 8.56. The third-order valence-corrected chi connectivity index (χ3v) is 6.67. The summed E-state index contributed by atoms with van der Waals surface area (Å²) >= 11 is 13.4. The van der Waals surface area contributed by atoms with E-state index in [9.17, 15) is 9.59 Å². The van der Waals surface area contributed by atoms with Crippen LogP contribution >= 0.6 is 35.0 Å². The van der Waals surface area contributed by atoms with E-state index in [2.05, 4.69) is 5.32 Å². The van der Waals surface area contributed by atoms with Crippen LogP contribution in [-0.4, -0.2) is 11.0 Å². The summed E-state index contributed by atoms with van der Waals surface area (Å²) in [5, 5.41) is 3.72. The highest BCUT2D eigenvalue weighted by atomic mass is 35.5. The van der Waals surface area contributed by atoms with Gasteiger partial charge in [-0.15, -0.1) is 0 Å². The highest BCUT2D eigenvalue weighted by Gasteiger charge is 2.35. The summed E-state index contributed by atoms with van der Waals surface area (Å²) in [6, 6.07) is 3.28. The number of hydrogen-bond donors (Lipinski definition) is 1. The van der Waals surface area contributed by atoms with E-state index >= 15 is 0 Å². The number of rotatable bonds is 3. The fourth-order valence-corrected chi connectivity index (χ4v) is 4.09. The lowest BCUT2D eigenvalue weighted by atomic mass is 9.75. The Morgan fingerprint density at radius 1 is 1.08 bits per heavy atom. The fourth-order valence-electron chi connectivity index (χ4n) is 2.80. The average molecular weight is 402 g/mol. The molecule has 6 heteroatoms. The number of thioether (sulfide) groups is 1. The summed E-state index contributed by atoms with van der Waals surface area (Å²) in [5.74, 6) is -0.0179. The summed E-state index contributed by atoms with van der Waals surface area (Å²) in [6.07, 6.45) is 5.06. The topological polar surface area (TPSA) is 46.2 Å². The second kappa shape index (κ2) is 7.89. The molecular formula is C19H25Cl2NO2S. The number of carbonyl (C=O) groups is 2. The van der Waals surface area contributed by atoms with Crippen molar-refractivity contribution >= 4 is 51.7 Å². The molecule has 1 N–H and O–H groups in total. The highest BCUT2D eigenvalue weighted by molar-refractivity contribution is 8.13. The number of carbonyl (C=O) groups excluding carboxylic acids is 2. The van der Waals surface area contributed by atoms with Crippen molar-refractivity contribution < 1.29 is 9.59 Å². The van der Waals surface area contributed by atoms with Crippen LogP contribution in [0.1, 0.15) is 59.8 Å². The van der Waals surface area contributed by atoms with E-state index in [1.54, 1.807) is 12.1 Å². The highest BCUT2D eigenvalue weighted by Crippen LogP contribution is 2.41. The van der Waals surface area contributed by atoms with Gasteiger partial charge in [-0.2, -0.15) is 0 Å². The van der Waals surface area contributed by atoms with Crippen LogP contribution in [-0.2, 0) is 9.59 Å². The summed E-state index contributed by atoms with van der Waals surface area (Å²) in [7, 11) is 0. The molecule has 25 heavy (non-hydrogen) atoms. The molecule has 1 aliphatic carbocycles. The van der Waals surface area contributed by atoms with Gasteiger partial charge in [0.15, 0.2) is 5.12 Å². The van der Waals surface area contributed by atoms with Crippen LogP contribution in [0.25, 0.3) is 0 Å². The zero-order valence-electron chi connectivity index (χ0n) is 15.2. The first-order valence-corrected chi connectivity index (χ1v) is 10.1. The largest absolute Gasteiger partial charge is 0.325 e. The van der Waals surface area contributed by atoms with Crippen molar-refractivity contribution in [3.8, 4) is 0 Å². The van der Waals surface area contributed by atoms with Gasteiger partial charge in [0.1, 0.15) is 0 Å². The average Bonchev–Trinajstić information content (AvgIpc) is 2.51. The second-order valence-corrected chi connectivity index (χ2v) is 9.81. The molecule has 0 radical (unpaired) electrons. The second-order valence-electron chi connectivity index (χ2n) is 7.98. The summed E-state index contributed by atoms with van der Waals surface area (Å²) in [4.78, 5) is 25.9. The standard InChI is InChI=1S/C19H25Cl2NO2S/c1-18(2,3)17(24)25-15-11-13(21)12(20)10-14(15)22-16(23)19(4)8-6-5-7-9-19/h10-11H,5-9H2,1-4H3,(H,22,23). The van der Waals surface area contributed by atoms with Crippen LogP contribution in [0.5, 0.6) is 0 Å². The Balaban J connectivity index is 2.28. The Morgan fingerprint density at radius 3 is 2.20 bits per heavy atom. The van der Waals surface area contributed by atoms with Crippen LogP contribution in [0.4, 0.5) is 5.69 Å². The number of hydrogen-bond acceptors (Lipinski definition) is 3. The third-order valence-electron chi connectivity index (χ3n) is 4.59. The Hall–Kier alpha value is -0.710. The molecule has 3 nitrogen and oxygen atoms in total. The Bertz CT molecular complexity index is 677. The van der Waals surface area contributed by atoms with Crippen molar-refractivity contribution in [2.75, 3.05) is 5.32 Å². The molecular weight excluding hydrogens is 377 g/mol. The first kappa shape index (κ1) is 20.6. The maximum atomic E-state index is 12.8. The van der Waals surface area contributed by atoms with Crippen molar-refractivity contribution in [2.24, 2.45) is 10.8 Å². The predicted octanol–water partition coefficient (Wildman–Crippen LogP) is 6.57. The molecule has 138 valence electrons. The summed E-state index contributed by atoms with van der Waals surface area (Å²) < 4.78 is 0.